The molecule has 100 valence electrons. The van der Waals surface area contributed by atoms with Crippen LogP contribution in [0.3, 0.4) is 0 Å². The Labute approximate surface area is 119 Å². The topological polar surface area (TPSA) is 70.1 Å². The molecule has 19 heavy (non-hydrogen) atoms. The predicted molar refractivity (Wildman–Crippen MR) is 74.0 cm³/mol. The number of hydrogen-bond acceptors (Lipinski definition) is 4. The first-order valence-corrected chi connectivity index (χ1v) is 6.26. The molecule has 0 amide bonds. The predicted octanol–water partition coefficient (Wildman–Crippen LogP) is 2.94. The average Bonchev–Trinajstić information content (AvgIpc) is 2.72. The number of nitrogens with zero attached hydrogens (tertiary/aromatic N) is 2. The number of para-hydroxylation sites is 1. The van der Waals surface area contributed by atoms with Gasteiger partial charge in [-0.2, -0.15) is 5.10 Å². The van der Waals surface area contributed by atoms with E-state index in [0.717, 1.165) is 0 Å². The van der Waals surface area contributed by atoms with Crippen molar-refractivity contribution in [3.63, 3.8) is 0 Å². The van der Waals surface area contributed by atoms with Crippen LogP contribution in [0.5, 0.6) is 0 Å². The molecule has 2 N–H and O–H groups in total. The molecule has 1 heterocycles. The Hall–Kier alpha value is -1.72. The fraction of sp³-hybridized carbons (Fsp3) is 0.167. The summed E-state index contributed by atoms with van der Waals surface area (Å²) in [6.07, 6.45) is 1.33. The normalized spacial score (nSPS) is 10.5. The van der Waals surface area contributed by atoms with Crippen LogP contribution < -0.4 is 5.73 Å². The highest BCUT2D eigenvalue weighted by atomic mass is 35.5. The molecule has 2 aromatic rings. The highest BCUT2D eigenvalue weighted by Gasteiger charge is 2.19. The molecule has 1 aromatic carbocycles. The average molecular weight is 300 g/mol. The van der Waals surface area contributed by atoms with Gasteiger partial charge in [0, 0.05) is 0 Å². The molecule has 0 aliphatic carbocycles. The highest BCUT2D eigenvalue weighted by molar-refractivity contribution is 6.37. The van der Waals surface area contributed by atoms with E-state index in [9.17, 15) is 4.79 Å². The summed E-state index contributed by atoms with van der Waals surface area (Å²) >= 11 is 12.1. The number of carbonyl (C=O) groups is 1. The van der Waals surface area contributed by atoms with Gasteiger partial charge in [-0.1, -0.05) is 29.3 Å². The smallest absolute Gasteiger partial charge is 0.343 e. The zero-order valence-electron chi connectivity index (χ0n) is 10.1. The van der Waals surface area contributed by atoms with E-state index in [1.54, 1.807) is 25.1 Å². The maximum absolute atomic E-state index is 11.7. The number of nitrogen functional groups attached to an aromatic ring is 1. The minimum absolute atomic E-state index is 0.133. The lowest BCUT2D eigenvalue weighted by atomic mass is 10.3. The summed E-state index contributed by atoms with van der Waals surface area (Å²) in [5.41, 5.74) is 6.49. The van der Waals surface area contributed by atoms with Gasteiger partial charge in [-0.25, -0.2) is 9.48 Å². The fourth-order valence-electron chi connectivity index (χ4n) is 1.59. The zero-order valence-corrected chi connectivity index (χ0v) is 11.6. The van der Waals surface area contributed by atoms with Crippen molar-refractivity contribution in [1.29, 1.82) is 0 Å². The Morgan fingerprint density at radius 1 is 1.42 bits per heavy atom. The number of esters is 1. The van der Waals surface area contributed by atoms with Crippen LogP contribution in [0.1, 0.15) is 17.3 Å². The fourth-order valence-corrected chi connectivity index (χ4v) is 2.15. The number of rotatable bonds is 3. The maximum atomic E-state index is 11.7. The minimum atomic E-state index is -0.533. The molecule has 0 fully saturated rings. The Morgan fingerprint density at radius 2 is 2.05 bits per heavy atom. The van der Waals surface area contributed by atoms with Gasteiger partial charge in [-0.15, -0.1) is 0 Å². The molecule has 2 rings (SSSR count). The summed E-state index contributed by atoms with van der Waals surface area (Å²) in [4.78, 5) is 11.7. The molecular weight excluding hydrogens is 289 g/mol. The van der Waals surface area contributed by atoms with E-state index in [1.165, 1.54) is 10.9 Å². The number of hydrogen-bond donors (Lipinski definition) is 1. The zero-order chi connectivity index (χ0) is 14.0. The van der Waals surface area contributed by atoms with Gasteiger partial charge in [0.25, 0.3) is 0 Å². The molecule has 0 spiro atoms. The lowest BCUT2D eigenvalue weighted by Crippen LogP contribution is -2.09. The van der Waals surface area contributed by atoms with Crippen LogP contribution in [0.15, 0.2) is 24.4 Å². The van der Waals surface area contributed by atoms with E-state index in [1.807, 2.05) is 0 Å². The number of ether oxygens (including phenoxy) is 1. The summed E-state index contributed by atoms with van der Waals surface area (Å²) in [6, 6.07) is 5.03. The first-order valence-electron chi connectivity index (χ1n) is 5.51. The largest absolute Gasteiger partial charge is 0.462 e. The maximum Gasteiger partial charge on any atom is 0.343 e. The second-order valence-electron chi connectivity index (χ2n) is 3.65. The molecule has 0 unspecified atom stereocenters. The standard InChI is InChI=1S/C12H11Cl2N3O2/c1-2-19-12(18)7-6-16-17(11(7)15)10-8(13)4-3-5-9(10)14/h3-6H,2,15H2,1H3. The second-order valence-corrected chi connectivity index (χ2v) is 4.46. The lowest BCUT2D eigenvalue weighted by molar-refractivity contribution is 0.0527. The molecular formula is C12H11Cl2N3O2. The molecule has 1 aromatic heterocycles. The number of aromatic nitrogens is 2. The number of nitrogens with two attached hydrogens (primary N) is 1. The molecule has 7 heteroatoms. The molecule has 0 saturated heterocycles. The van der Waals surface area contributed by atoms with Crippen LogP contribution in [0.2, 0.25) is 10.0 Å². The molecule has 5 nitrogen and oxygen atoms in total. The van der Waals surface area contributed by atoms with Crippen molar-refractivity contribution >= 4 is 35.0 Å². The first kappa shape index (κ1) is 13.7. The van der Waals surface area contributed by atoms with Crippen molar-refractivity contribution in [2.45, 2.75) is 6.92 Å². The van der Waals surface area contributed by atoms with E-state index in [2.05, 4.69) is 5.10 Å². The van der Waals surface area contributed by atoms with Crippen LogP contribution in [-0.2, 0) is 4.74 Å². The van der Waals surface area contributed by atoms with E-state index >= 15 is 0 Å². The van der Waals surface area contributed by atoms with Gasteiger partial charge in [-0.3, -0.25) is 0 Å². The molecule has 0 atom stereocenters. The van der Waals surface area contributed by atoms with Gasteiger partial charge in [0.15, 0.2) is 0 Å². The Morgan fingerprint density at radius 3 is 2.63 bits per heavy atom. The van der Waals surface area contributed by atoms with Crippen LogP contribution in [0, 0.1) is 0 Å². The second kappa shape index (κ2) is 5.50. The minimum Gasteiger partial charge on any atom is -0.462 e. The van der Waals surface area contributed by atoms with E-state index in [4.69, 9.17) is 33.7 Å². The Balaban J connectivity index is 2.51. The van der Waals surface area contributed by atoms with Crippen molar-refractivity contribution in [1.82, 2.24) is 9.78 Å². The third kappa shape index (κ3) is 2.52. The summed E-state index contributed by atoms with van der Waals surface area (Å²) in [5, 5.41) is 4.81. The van der Waals surface area contributed by atoms with Gasteiger partial charge < -0.3 is 10.5 Å². The lowest BCUT2D eigenvalue weighted by Gasteiger charge is -2.09. The number of halogens is 2. The summed E-state index contributed by atoms with van der Waals surface area (Å²) in [7, 11) is 0. The quantitative estimate of drug-likeness (QED) is 0.885. The number of carbonyl (C=O) groups excluding carboxylic acids is 1. The van der Waals surface area contributed by atoms with Crippen molar-refractivity contribution in [3.05, 3.63) is 40.0 Å². The van der Waals surface area contributed by atoms with E-state index in [0.29, 0.717) is 15.7 Å². The van der Waals surface area contributed by atoms with Gasteiger partial charge in [0.1, 0.15) is 17.1 Å². The van der Waals surface area contributed by atoms with Crippen LogP contribution >= 0.6 is 23.2 Å². The van der Waals surface area contributed by atoms with Crippen LogP contribution in [0.25, 0.3) is 5.69 Å². The SMILES string of the molecule is CCOC(=O)c1cnn(-c2c(Cl)cccc2Cl)c1N. The van der Waals surface area contributed by atoms with Crippen molar-refractivity contribution in [2.75, 3.05) is 12.3 Å². The van der Waals surface area contributed by atoms with Gasteiger partial charge >= 0.3 is 5.97 Å². The van der Waals surface area contributed by atoms with E-state index in [-0.39, 0.29) is 18.0 Å². The molecule has 0 radical (unpaired) electrons. The van der Waals surface area contributed by atoms with Gasteiger partial charge in [0.05, 0.1) is 22.8 Å². The summed E-state index contributed by atoms with van der Waals surface area (Å²) < 4.78 is 6.20. The van der Waals surface area contributed by atoms with Crippen molar-refractivity contribution in [3.8, 4) is 5.69 Å². The van der Waals surface area contributed by atoms with Crippen molar-refractivity contribution < 1.29 is 9.53 Å². The Bertz CT molecular complexity index is 605. The highest BCUT2D eigenvalue weighted by Crippen LogP contribution is 2.30. The summed E-state index contributed by atoms with van der Waals surface area (Å²) in [6.45, 7) is 1.97. The first-order chi connectivity index (χ1) is 9.06. The van der Waals surface area contributed by atoms with Gasteiger partial charge in [0.2, 0.25) is 0 Å². The third-order valence-corrected chi connectivity index (χ3v) is 3.06. The van der Waals surface area contributed by atoms with Crippen LogP contribution in [0.4, 0.5) is 5.82 Å². The third-order valence-electron chi connectivity index (χ3n) is 2.45. The van der Waals surface area contributed by atoms with Crippen molar-refractivity contribution in [2.24, 2.45) is 0 Å². The molecule has 0 bridgehead atoms. The van der Waals surface area contributed by atoms with Crippen LogP contribution in [-0.4, -0.2) is 22.4 Å². The summed E-state index contributed by atoms with van der Waals surface area (Å²) in [5.74, 6) is -0.400. The Kier molecular flexibility index (Phi) is 3.97. The number of anilines is 1. The number of benzene rings is 1. The monoisotopic (exact) mass is 299 g/mol. The molecule has 0 aliphatic rings. The molecule has 0 aliphatic heterocycles. The molecule has 0 saturated carbocycles. The van der Waals surface area contributed by atoms with Gasteiger partial charge in [-0.05, 0) is 19.1 Å². The van der Waals surface area contributed by atoms with E-state index < -0.39 is 5.97 Å².